The number of ether oxygens (including phenoxy) is 1. The summed E-state index contributed by atoms with van der Waals surface area (Å²) in [6, 6.07) is 11.2. The molecule has 4 rings (SSSR count). The second-order valence-corrected chi connectivity index (χ2v) is 6.73. The molecule has 1 aliphatic rings. The number of fused-ring (bicyclic) bond motifs is 1. The second kappa shape index (κ2) is 7.99. The fourth-order valence-electron chi connectivity index (χ4n) is 3.26. The van der Waals surface area contributed by atoms with E-state index in [1.54, 1.807) is 18.3 Å². The van der Waals surface area contributed by atoms with E-state index in [9.17, 15) is 4.79 Å². The Kier molecular flexibility index (Phi) is 5.28. The normalized spacial score (nSPS) is 16.3. The molecule has 1 unspecified atom stereocenters. The highest BCUT2D eigenvalue weighted by Gasteiger charge is 2.24. The minimum atomic E-state index is -0.206. The number of amides is 1. The van der Waals surface area contributed by atoms with Crippen molar-refractivity contribution in [2.45, 2.75) is 6.04 Å². The number of carbonyl (C=O) groups is 1. The number of hydrogen-bond donors (Lipinski definition) is 1. The number of rotatable bonds is 5. The fraction of sp³-hybridized carbons (Fsp3) is 0.333. The van der Waals surface area contributed by atoms with Crippen molar-refractivity contribution in [1.82, 2.24) is 30.3 Å². The predicted octanol–water partition coefficient (Wildman–Crippen LogP) is 1.58. The molecule has 1 amide bonds. The van der Waals surface area contributed by atoms with Crippen LogP contribution >= 0.6 is 11.6 Å². The molecule has 1 atom stereocenters. The highest BCUT2D eigenvalue weighted by Crippen LogP contribution is 2.23. The van der Waals surface area contributed by atoms with Crippen LogP contribution in [0.15, 0.2) is 42.6 Å². The third-order valence-electron chi connectivity index (χ3n) is 4.67. The molecule has 0 radical (unpaired) electrons. The van der Waals surface area contributed by atoms with Crippen LogP contribution in [0, 0.1) is 0 Å². The molecular formula is C18H19ClN6O2. The van der Waals surface area contributed by atoms with E-state index < -0.39 is 0 Å². The van der Waals surface area contributed by atoms with Crippen molar-refractivity contribution in [3.63, 3.8) is 0 Å². The summed E-state index contributed by atoms with van der Waals surface area (Å²) in [6.07, 6.45) is 1.70. The Morgan fingerprint density at radius 3 is 2.78 bits per heavy atom. The Bertz CT molecular complexity index is 923. The summed E-state index contributed by atoms with van der Waals surface area (Å²) >= 11 is 6.03. The van der Waals surface area contributed by atoms with Crippen molar-refractivity contribution in [3.8, 4) is 0 Å². The van der Waals surface area contributed by atoms with Gasteiger partial charge in [0.05, 0.1) is 24.8 Å². The lowest BCUT2D eigenvalue weighted by atomic mass is 10.0. The molecule has 3 heterocycles. The smallest absolute Gasteiger partial charge is 0.255 e. The van der Waals surface area contributed by atoms with Crippen LogP contribution in [0.3, 0.4) is 0 Å². The summed E-state index contributed by atoms with van der Waals surface area (Å²) in [5.74, 6) is -0.206. The molecule has 3 aromatic rings. The molecule has 0 spiro atoms. The average Bonchev–Trinajstić information content (AvgIpc) is 3.19. The molecule has 1 fully saturated rings. The van der Waals surface area contributed by atoms with Gasteiger partial charge in [-0.25, -0.2) is 0 Å². The number of hydrogen-bond acceptors (Lipinski definition) is 6. The van der Waals surface area contributed by atoms with Gasteiger partial charge in [0.25, 0.3) is 5.91 Å². The summed E-state index contributed by atoms with van der Waals surface area (Å²) in [7, 11) is 0. The molecule has 1 aliphatic heterocycles. The first-order chi connectivity index (χ1) is 13.2. The first kappa shape index (κ1) is 17.8. The molecule has 140 valence electrons. The van der Waals surface area contributed by atoms with E-state index in [2.05, 4.69) is 25.7 Å². The van der Waals surface area contributed by atoms with Crippen LogP contribution in [-0.2, 0) is 4.74 Å². The van der Waals surface area contributed by atoms with E-state index >= 15 is 0 Å². The summed E-state index contributed by atoms with van der Waals surface area (Å²) in [6.45, 7) is 3.45. The lowest BCUT2D eigenvalue weighted by Crippen LogP contribution is -2.43. The second-order valence-electron chi connectivity index (χ2n) is 6.29. The van der Waals surface area contributed by atoms with Crippen molar-refractivity contribution in [2.75, 3.05) is 32.8 Å². The summed E-state index contributed by atoms with van der Waals surface area (Å²) in [5.41, 5.74) is 1.98. The van der Waals surface area contributed by atoms with Gasteiger partial charge in [0, 0.05) is 30.9 Å². The number of nitrogens with zero attached hydrogens (tertiary/aromatic N) is 5. The Labute approximate surface area is 161 Å². The van der Waals surface area contributed by atoms with Gasteiger partial charge in [-0.05, 0) is 40.3 Å². The number of morpholine rings is 1. The number of pyridine rings is 1. The molecule has 8 nitrogen and oxygen atoms in total. The zero-order valence-electron chi connectivity index (χ0n) is 14.6. The maximum atomic E-state index is 12.7. The maximum Gasteiger partial charge on any atom is 0.255 e. The third kappa shape index (κ3) is 3.92. The van der Waals surface area contributed by atoms with E-state index in [0.717, 1.165) is 18.7 Å². The van der Waals surface area contributed by atoms with E-state index in [-0.39, 0.29) is 11.9 Å². The quantitative estimate of drug-likeness (QED) is 0.716. The van der Waals surface area contributed by atoms with Crippen LogP contribution in [0.5, 0.6) is 0 Å². The Morgan fingerprint density at radius 1 is 1.22 bits per heavy atom. The number of nitrogens with one attached hydrogen (secondary N) is 1. The minimum absolute atomic E-state index is 0.0332. The highest BCUT2D eigenvalue weighted by atomic mass is 35.5. The van der Waals surface area contributed by atoms with Gasteiger partial charge in [0.1, 0.15) is 0 Å². The van der Waals surface area contributed by atoms with Crippen molar-refractivity contribution >= 4 is 23.2 Å². The maximum absolute atomic E-state index is 12.7. The lowest BCUT2D eigenvalue weighted by Gasteiger charge is -2.35. The van der Waals surface area contributed by atoms with E-state index in [1.165, 1.54) is 4.52 Å². The van der Waals surface area contributed by atoms with Crippen molar-refractivity contribution < 1.29 is 9.53 Å². The van der Waals surface area contributed by atoms with E-state index in [1.807, 2.05) is 24.3 Å². The summed E-state index contributed by atoms with van der Waals surface area (Å²) in [4.78, 5) is 15.1. The molecule has 27 heavy (non-hydrogen) atoms. The number of aromatic nitrogens is 4. The number of halogens is 1. The fourth-order valence-corrected chi connectivity index (χ4v) is 3.39. The van der Waals surface area contributed by atoms with Crippen molar-refractivity contribution in [1.29, 1.82) is 0 Å². The van der Waals surface area contributed by atoms with E-state index in [0.29, 0.717) is 36.0 Å². The van der Waals surface area contributed by atoms with Gasteiger partial charge >= 0.3 is 0 Å². The Morgan fingerprint density at radius 2 is 2.00 bits per heavy atom. The van der Waals surface area contributed by atoms with Crippen molar-refractivity contribution in [3.05, 3.63) is 58.7 Å². The van der Waals surface area contributed by atoms with Gasteiger partial charge in [0.15, 0.2) is 5.65 Å². The van der Waals surface area contributed by atoms with Crippen LogP contribution in [0.25, 0.3) is 5.65 Å². The first-order valence-corrected chi connectivity index (χ1v) is 9.12. The summed E-state index contributed by atoms with van der Waals surface area (Å²) in [5, 5.41) is 15.1. The largest absolute Gasteiger partial charge is 0.379 e. The molecule has 1 N–H and O–H groups in total. The molecule has 0 aliphatic carbocycles. The topological polar surface area (TPSA) is 84.7 Å². The number of tetrazole rings is 1. The highest BCUT2D eigenvalue weighted by molar-refractivity contribution is 6.30. The molecule has 9 heteroatoms. The van der Waals surface area contributed by atoms with Gasteiger partial charge in [-0.3, -0.25) is 9.69 Å². The van der Waals surface area contributed by atoms with Gasteiger partial charge in [-0.1, -0.05) is 23.7 Å². The number of benzene rings is 1. The van der Waals surface area contributed by atoms with Gasteiger partial charge in [-0.2, -0.15) is 4.52 Å². The lowest BCUT2D eigenvalue weighted by molar-refractivity contribution is 0.0162. The molecular weight excluding hydrogens is 368 g/mol. The van der Waals surface area contributed by atoms with Crippen LogP contribution in [0.2, 0.25) is 5.02 Å². The zero-order valence-corrected chi connectivity index (χ0v) is 15.3. The predicted molar refractivity (Wildman–Crippen MR) is 99.7 cm³/mol. The third-order valence-corrected chi connectivity index (χ3v) is 4.92. The molecule has 1 aromatic carbocycles. The molecule has 1 saturated heterocycles. The average molecular weight is 387 g/mol. The zero-order chi connectivity index (χ0) is 18.6. The minimum Gasteiger partial charge on any atom is -0.379 e. The Balaban J connectivity index is 1.53. The SMILES string of the molecule is O=C(NCC(c1ccc(Cl)cc1)N1CCOCC1)c1cccn2nnnc12. The molecule has 0 bridgehead atoms. The standard InChI is InChI=1S/C18H19ClN6O2/c19-14-5-3-13(4-6-14)16(24-8-10-27-11-9-24)12-20-18(26)15-2-1-7-25-17(15)21-22-23-25/h1-7,16H,8-12H2,(H,20,26). The van der Waals surface area contributed by atoms with Crippen molar-refractivity contribution in [2.24, 2.45) is 0 Å². The molecule has 0 saturated carbocycles. The van der Waals surface area contributed by atoms with Crippen LogP contribution in [0.1, 0.15) is 22.0 Å². The monoisotopic (exact) mass is 386 g/mol. The number of carbonyl (C=O) groups excluding carboxylic acids is 1. The van der Waals surface area contributed by atoms with Crippen LogP contribution < -0.4 is 5.32 Å². The van der Waals surface area contributed by atoms with Gasteiger partial charge in [0.2, 0.25) is 0 Å². The van der Waals surface area contributed by atoms with Gasteiger partial charge < -0.3 is 10.1 Å². The summed E-state index contributed by atoms with van der Waals surface area (Å²) < 4.78 is 6.94. The molecule has 2 aromatic heterocycles. The van der Waals surface area contributed by atoms with E-state index in [4.69, 9.17) is 16.3 Å². The Hall–Kier alpha value is -2.55. The van der Waals surface area contributed by atoms with Gasteiger partial charge in [-0.15, -0.1) is 5.10 Å². The van der Waals surface area contributed by atoms with Crippen LogP contribution in [0.4, 0.5) is 0 Å². The first-order valence-electron chi connectivity index (χ1n) is 8.74. The van der Waals surface area contributed by atoms with Crippen LogP contribution in [-0.4, -0.2) is 63.7 Å².